The molecule has 1 aliphatic heterocycles. The highest BCUT2D eigenvalue weighted by Crippen LogP contribution is 2.20. The molecule has 0 radical (unpaired) electrons. The van der Waals surface area contributed by atoms with E-state index < -0.39 is 10.0 Å². The van der Waals surface area contributed by atoms with Crippen LogP contribution in [0.15, 0.2) is 53.4 Å². The first-order valence-corrected chi connectivity index (χ1v) is 11.0. The van der Waals surface area contributed by atoms with Gasteiger partial charge in [-0.25, -0.2) is 8.42 Å². The monoisotopic (exact) mass is 418 g/mol. The maximum Gasteiger partial charge on any atom is 0.254 e. The molecule has 2 aromatic carbocycles. The van der Waals surface area contributed by atoms with Crippen LogP contribution in [0.5, 0.6) is 5.75 Å². The first-order chi connectivity index (χ1) is 14.0. The van der Waals surface area contributed by atoms with Gasteiger partial charge in [0.2, 0.25) is 10.0 Å². The summed E-state index contributed by atoms with van der Waals surface area (Å²) in [6.45, 7) is 4.23. The molecule has 156 valence electrons. The average Bonchev–Trinajstić information content (AvgIpc) is 2.78. The molecule has 1 heterocycles. The first-order valence-electron chi connectivity index (χ1n) is 9.56. The predicted octanol–water partition coefficient (Wildman–Crippen LogP) is 2.38. The molecule has 8 heteroatoms. The van der Waals surface area contributed by atoms with Crippen LogP contribution in [-0.4, -0.2) is 63.5 Å². The minimum absolute atomic E-state index is 0.130. The smallest absolute Gasteiger partial charge is 0.254 e. The number of morpholine rings is 1. The van der Waals surface area contributed by atoms with E-state index in [1.54, 1.807) is 24.1 Å². The number of ether oxygens (including phenoxy) is 2. The number of methoxy groups -OCH3 is 1. The summed E-state index contributed by atoms with van der Waals surface area (Å²) < 4.78 is 37.6. The second kappa shape index (κ2) is 9.39. The van der Waals surface area contributed by atoms with Gasteiger partial charge in [0.1, 0.15) is 5.75 Å². The molecule has 0 N–H and O–H groups in total. The Morgan fingerprint density at radius 1 is 1.14 bits per heavy atom. The van der Waals surface area contributed by atoms with Crippen molar-refractivity contribution in [2.75, 3.05) is 40.0 Å². The van der Waals surface area contributed by atoms with Crippen molar-refractivity contribution < 1.29 is 22.7 Å². The second-order valence-corrected chi connectivity index (χ2v) is 8.65. The molecular formula is C21H26N2O5S. The van der Waals surface area contributed by atoms with Crippen LogP contribution in [0.2, 0.25) is 0 Å². The lowest BCUT2D eigenvalue weighted by molar-refractivity contribution is 0.0729. The average molecular weight is 419 g/mol. The predicted molar refractivity (Wildman–Crippen MR) is 109 cm³/mol. The second-order valence-electron chi connectivity index (χ2n) is 6.71. The zero-order valence-electron chi connectivity index (χ0n) is 16.7. The standard InChI is InChI=1S/C21H26N2O5S/c1-3-22(16-17-7-9-19(27-2)10-8-17)21(24)18-5-4-6-20(15-18)29(25,26)23-11-13-28-14-12-23/h4-10,15H,3,11-14,16H2,1-2H3. The Kier molecular flexibility index (Phi) is 6.89. The van der Waals surface area contributed by atoms with Crippen molar-refractivity contribution in [2.45, 2.75) is 18.4 Å². The maximum atomic E-state index is 13.0. The molecule has 0 unspecified atom stereocenters. The van der Waals surface area contributed by atoms with E-state index in [4.69, 9.17) is 9.47 Å². The lowest BCUT2D eigenvalue weighted by atomic mass is 10.1. The number of sulfonamides is 1. The molecule has 3 rings (SSSR count). The molecule has 0 atom stereocenters. The largest absolute Gasteiger partial charge is 0.497 e. The zero-order chi connectivity index (χ0) is 20.9. The summed E-state index contributed by atoms with van der Waals surface area (Å²) in [6, 6.07) is 13.8. The molecule has 0 spiro atoms. The van der Waals surface area contributed by atoms with Gasteiger partial charge in [0.05, 0.1) is 25.2 Å². The number of hydrogen-bond donors (Lipinski definition) is 0. The highest BCUT2D eigenvalue weighted by atomic mass is 32.2. The topological polar surface area (TPSA) is 76.2 Å². The van der Waals surface area contributed by atoms with Crippen molar-refractivity contribution in [3.63, 3.8) is 0 Å². The minimum atomic E-state index is -3.65. The van der Waals surface area contributed by atoms with Crippen molar-refractivity contribution >= 4 is 15.9 Å². The Balaban J connectivity index is 1.79. The minimum Gasteiger partial charge on any atom is -0.497 e. The molecular weight excluding hydrogens is 392 g/mol. The van der Waals surface area contributed by atoms with E-state index >= 15 is 0 Å². The van der Waals surface area contributed by atoms with Crippen LogP contribution >= 0.6 is 0 Å². The number of amides is 1. The van der Waals surface area contributed by atoms with Crippen LogP contribution in [0.4, 0.5) is 0 Å². The fourth-order valence-electron chi connectivity index (χ4n) is 3.19. The van der Waals surface area contributed by atoms with Crippen LogP contribution in [0.3, 0.4) is 0 Å². The van der Waals surface area contributed by atoms with Crippen molar-refractivity contribution in [3.8, 4) is 5.75 Å². The van der Waals surface area contributed by atoms with Gasteiger partial charge in [0, 0.05) is 31.7 Å². The Labute approximate surface area is 171 Å². The molecule has 0 aliphatic carbocycles. The highest BCUT2D eigenvalue weighted by Gasteiger charge is 2.27. The maximum absolute atomic E-state index is 13.0. The van der Waals surface area contributed by atoms with E-state index in [-0.39, 0.29) is 10.8 Å². The lowest BCUT2D eigenvalue weighted by Crippen LogP contribution is -2.40. The van der Waals surface area contributed by atoms with Gasteiger partial charge in [0.25, 0.3) is 5.91 Å². The van der Waals surface area contributed by atoms with Gasteiger partial charge < -0.3 is 14.4 Å². The van der Waals surface area contributed by atoms with Crippen molar-refractivity contribution in [1.82, 2.24) is 9.21 Å². The van der Waals surface area contributed by atoms with Gasteiger partial charge in [-0.1, -0.05) is 18.2 Å². The highest BCUT2D eigenvalue weighted by molar-refractivity contribution is 7.89. The van der Waals surface area contributed by atoms with E-state index in [2.05, 4.69) is 0 Å². The van der Waals surface area contributed by atoms with Gasteiger partial charge in [-0.15, -0.1) is 0 Å². The number of carbonyl (C=O) groups excluding carboxylic acids is 1. The Bertz CT molecular complexity index is 938. The third kappa shape index (κ3) is 4.95. The summed E-state index contributed by atoms with van der Waals surface area (Å²) >= 11 is 0. The van der Waals surface area contributed by atoms with E-state index in [1.165, 1.54) is 16.4 Å². The number of carbonyl (C=O) groups is 1. The van der Waals surface area contributed by atoms with Crippen LogP contribution in [0.25, 0.3) is 0 Å². The zero-order valence-corrected chi connectivity index (χ0v) is 17.5. The molecule has 1 amide bonds. The summed E-state index contributed by atoms with van der Waals surface area (Å²) in [5.74, 6) is 0.548. The molecule has 1 saturated heterocycles. The Hall–Kier alpha value is -2.42. The van der Waals surface area contributed by atoms with Gasteiger partial charge in [-0.3, -0.25) is 4.79 Å². The fraction of sp³-hybridized carbons (Fsp3) is 0.381. The molecule has 0 bridgehead atoms. The van der Waals surface area contributed by atoms with E-state index in [0.29, 0.717) is 45.0 Å². The molecule has 0 saturated carbocycles. The molecule has 1 aliphatic rings. The number of rotatable bonds is 7. The molecule has 0 aromatic heterocycles. The molecule has 1 fully saturated rings. The van der Waals surface area contributed by atoms with Crippen LogP contribution in [0.1, 0.15) is 22.8 Å². The van der Waals surface area contributed by atoms with Gasteiger partial charge in [0.15, 0.2) is 0 Å². The molecule has 7 nitrogen and oxygen atoms in total. The van der Waals surface area contributed by atoms with Crippen LogP contribution < -0.4 is 4.74 Å². The summed E-state index contributed by atoms with van der Waals surface area (Å²) in [5.41, 5.74) is 1.33. The SMILES string of the molecule is CCN(Cc1ccc(OC)cc1)C(=O)c1cccc(S(=O)(=O)N2CCOCC2)c1. The lowest BCUT2D eigenvalue weighted by Gasteiger charge is -2.26. The number of nitrogens with zero attached hydrogens (tertiary/aromatic N) is 2. The third-order valence-corrected chi connectivity index (χ3v) is 6.78. The van der Waals surface area contributed by atoms with E-state index in [1.807, 2.05) is 31.2 Å². The first kappa shape index (κ1) is 21.3. The fourth-order valence-corrected chi connectivity index (χ4v) is 4.64. The molecule has 29 heavy (non-hydrogen) atoms. The quantitative estimate of drug-likeness (QED) is 0.690. The summed E-state index contributed by atoms with van der Waals surface area (Å²) in [5, 5.41) is 0. The third-order valence-electron chi connectivity index (χ3n) is 4.89. The Morgan fingerprint density at radius 3 is 2.45 bits per heavy atom. The number of hydrogen-bond acceptors (Lipinski definition) is 5. The molecule has 2 aromatic rings. The van der Waals surface area contributed by atoms with E-state index in [0.717, 1.165) is 11.3 Å². The van der Waals surface area contributed by atoms with Crippen LogP contribution in [0, 0.1) is 0 Å². The van der Waals surface area contributed by atoms with Gasteiger partial charge in [-0.2, -0.15) is 4.31 Å². The van der Waals surface area contributed by atoms with E-state index in [9.17, 15) is 13.2 Å². The normalized spacial score (nSPS) is 15.1. The Morgan fingerprint density at radius 2 is 1.83 bits per heavy atom. The van der Waals surface area contributed by atoms with Gasteiger partial charge in [-0.05, 0) is 42.8 Å². The van der Waals surface area contributed by atoms with Crippen molar-refractivity contribution in [1.29, 1.82) is 0 Å². The number of benzene rings is 2. The summed E-state index contributed by atoms with van der Waals surface area (Å²) in [6.07, 6.45) is 0. The van der Waals surface area contributed by atoms with Gasteiger partial charge >= 0.3 is 0 Å². The summed E-state index contributed by atoms with van der Waals surface area (Å²) in [4.78, 5) is 14.8. The van der Waals surface area contributed by atoms with Crippen LogP contribution in [-0.2, 0) is 21.3 Å². The van der Waals surface area contributed by atoms with Crippen molar-refractivity contribution in [2.24, 2.45) is 0 Å². The summed E-state index contributed by atoms with van der Waals surface area (Å²) in [7, 11) is -2.04. The van der Waals surface area contributed by atoms with Crippen molar-refractivity contribution in [3.05, 3.63) is 59.7 Å².